The van der Waals surface area contributed by atoms with Crippen LogP contribution < -0.4 is 0 Å². The molecule has 5 heteroatoms. The molecule has 27 heavy (non-hydrogen) atoms. The number of methoxy groups -OCH3 is 1. The molecule has 5 nitrogen and oxygen atoms in total. The van der Waals surface area contributed by atoms with E-state index < -0.39 is 0 Å². The largest absolute Gasteiger partial charge is 0.469 e. The molecular weight excluding hydrogens is 340 g/mol. The third kappa shape index (κ3) is 6.64. The van der Waals surface area contributed by atoms with Gasteiger partial charge >= 0.3 is 5.97 Å². The lowest BCUT2D eigenvalue weighted by Crippen LogP contribution is -2.41. The van der Waals surface area contributed by atoms with Gasteiger partial charge in [0.05, 0.1) is 13.0 Å². The fourth-order valence-corrected chi connectivity index (χ4v) is 4.00. The molecule has 1 heterocycles. The van der Waals surface area contributed by atoms with E-state index in [1.54, 1.807) is 12.4 Å². The van der Waals surface area contributed by atoms with Gasteiger partial charge in [-0.05, 0) is 49.3 Å². The average molecular weight is 375 g/mol. The zero-order chi connectivity index (χ0) is 19.6. The van der Waals surface area contributed by atoms with Crippen LogP contribution in [0, 0.1) is 17.8 Å². The Kier molecular flexibility index (Phi) is 8.76. The van der Waals surface area contributed by atoms with Crippen LogP contribution in [0.25, 0.3) is 0 Å². The van der Waals surface area contributed by atoms with E-state index in [4.69, 9.17) is 4.74 Å². The monoisotopic (exact) mass is 374 g/mol. The maximum atomic E-state index is 13.2. The van der Waals surface area contributed by atoms with Gasteiger partial charge < -0.3 is 9.64 Å². The molecule has 0 aliphatic heterocycles. The van der Waals surface area contributed by atoms with Crippen molar-refractivity contribution in [3.8, 4) is 0 Å². The number of amides is 1. The number of rotatable bonds is 9. The topological polar surface area (TPSA) is 59.5 Å². The Morgan fingerprint density at radius 3 is 2.48 bits per heavy atom. The first-order chi connectivity index (χ1) is 13.0. The van der Waals surface area contributed by atoms with Gasteiger partial charge in [-0.25, -0.2) is 0 Å². The first-order valence-corrected chi connectivity index (χ1v) is 10.3. The second-order valence-electron chi connectivity index (χ2n) is 7.86. The third-order valence-corrected chi connectivity index (χ3v) is 5.69. The number of pyridine rings is 1. The van der Waals surface area contributed by atoms with E-state index in [9.17, 15) is 9.59 Å². The van der Waals surface area contributed by atoms with Crippen LogP contribution in [-0.4, -0.2) is 35.4 Å². The Morgan fingerprint density at radius 2 is 1.89 bits per heavy atom. The second kappa shape index (κ2) is 11.1. The van der Waals surface area contributed by atoms with E-state index in [1.165, 1.54) is 26.4 Å². The molecule has 0 bridgehead atoms. The summed E-state index contributed by atoms with van der Waals surface area (Å²) in [6, 6.07) is 3.84. The second-order valence-corrected chi connectivity index (χ2v) is 7.86. The quantitative estimate of drug-likeness (QED) is 0.607. The standard InChI is InChI=1S/C22H34N2O3/c1-4-5-6-18-7-9-20(10-8-18)21(25)24(15-17(2)22(26)27-3)16-19-11-13-23-14-12-19/h11-14,17-18,20H,4-10,15-16H2,1-3H3. The molecule has 1 aliphatic rings. The average Bonchev–Trinajstić information content (AvgIpc) is 2.71. The van der Waals surface area contributed by atoms with Crippen molar-refractivity contribution in [2.45, 2.75) is 65.3 Å². The molecule has 1 unspecified atom stereocenters. The Hall–Kier alpha value is -1.91. The summed E-state index contributed by atoms with van der Waals surface area (Å²) in [6.45, 7) is 4.96. The number of hydrogen-bond acceptors (Lipinski definition) is 4. The summed E-state index contributed by atoms with van der Waals surface area (Å²) < 4.78 is 4.85. The Labute approximate surface area is 163 Å². The van der Waals surface area contributed by atoms with E-state index in [1.807, 2.05) is 24.0 Å². The molecule has 1 aromatic heterocycles. The van der Waals surface area contributed by atoms with Crippen molar-refractivity contribution in [1.82, 2.24) is 9.88 Å². The Bertz CT molecular complexity index is 582. The molecule has 0 saturated heterocycles. The molecule has 150 valence electrons. The molecule has 0 N–H and O–H groups in total. The summed E-state index contributed by atoms with van der Waals surface area (Å²) >= 11 is 0. The molecule has 1 aromatic rings. The van der Waals surface area contributed by atoms with Crippen LogP contribution in [0.1, 0.15) is 64.4 Å². The predicted octanol–water partition coefficient (Wildman–Crippen LogP) is 4.22. The van der Waals surface area contributed by atoms with Crippen LogP contribution >= 0.6 is 0 Å². The molecule has 0 radical (unpaired) electrons. The number of aromatic nitrogens is 1. The summed E-state index contributed by atoms with van der Waals surface area (Å²) in [5, 5.41) is 0. The van der Waals surface area contributed by atoms with Gasteiger partial charge in [-0.15, -0.1) is 0 Å². The minimum absolute atomic E-state index is 0.0783. The van der Waals surface area contributed by atoms with E-state index in [0.29, 0.717) is 13.1 Å². The lowest BCUT2D eigenvalue weighted by molar-refractivity contribution is -0.147. The number of carbonyl (C=O) groups is 2. The zero-order valence-electron chi connectivity index (χ0n) is 17.0. The van der Waals surface area contributed by atoms with Crippen LogP contribution in [0.2, 0.25) is 0 Å². The molecule has 1 atom stereocenters. The number of esters is 1. The molecule has 2 rings (SSSR count). The summed E-state index contributed by atoms with van der Waals surface area (Å²) in [5.41, 5.74) is 1.03. The highest BCUT2D eigenvalue weighted by Gasteiger charge is 2.31. The molecule has 1 fully saturated rings. The predicted molar refractivity (Wildman–Crippen MR) is 106 cm³/mol. The molecule has 1 saturated carbocycles. The van der Waals surface area contributed by atoms with Gasteiger partial charge in [0.1, 0.15) is 0 Å². The van der Waals surface area contributed by atoms with E-state index in [2.05, 4.69) is 11.9 Å². The van der Waals surface area contributed by atoms with Crippen LogP contribution in [0.5, 0.6) is 0 Å². The SMILES string of the molecule is CCCCC1CCC(C(=O)N(Cc2ccncc2)CC(C)C(=O)OC)CC1. The molecule has 1 aliphatic carbocycles. The van der Waals surface area contributed by atoms with Gasteiger partial charge in [0.2, 0.25) is 5.91 Å². The van der Waals surface area contributed by atoms with Gasteiger partial charge in [-0.3, -0.25) is 14.6 Å². The number of nitrogens with zero attached hydrogens (tertiary/aromatic N) is 2. The highest BCUT2D eigenvalue weighted by molar-refractivity contribution is 5.80. The van der Waals surface area contributed by atoms with Gasteiger partial charge in [0, 0.05) is 31.4 Å². The van der Waals surface area contributed by atoms with E-state index in [-0.39, 0.29) is 23.7 Å². The Morgan fingerprint density at radius 1 is 1.22 bits per heavy atom. The molecular formula is C22H34N2O3. The van der Waals surface area contributed by atoms with Crippen LogP contribution in [0.3, 0.4) is 0 Å². The van der Waals surface area contributed by atoms with Crippen molar-refractivity contribution in [3.05, 3.63) is 30.1 Å². The van der Waals surface area contributed by atoms with Gasteiger partial charge in [-0.1, -0.05) is 33.1 Å². The van der Waals surface area contributed by atoms with Gasteiger partial charge in [0.25, 0.3) is 0 Å². The summed E-state index contributed by atoms with van der Waals surface area (Å²) in [7, 11) is 1.39. The summed E-state index contributed by atoms with van der Waals surface area (Å²) in [6.07, 6.45) is 11.5. The van der Waals surface area contributed by atoms with Crippen molar-refractivity contribution in [2.24, 2.45) is 17.8 Å². The first kappa shape index (κ1) is 21.4. The molecule has 0 aromatic carbocycles. The maximum Gasteiger partial charge on any atom is 0.310 e. The van der Waals surface area contributed by atoms with Crippen molar-refractivity contribution >= 4 is 11.9 Å². The number of ether oxygens (including phenoxy) is 1. The highest BCUT2D eigenvalue weighted by atomic mass is 16.5. The fraction of sp³-hybridized carbons (Fsp3) is 0.682. The minimum atomic E-state index is -0.332. The summed E-state index contributed by atoms with van der Waals surface area (Å²) in [4.78, 5) is 31.0. The lowest BCUT2D eigenvalue weighted by Gasteiger charge is -2.33. The van der Waals surface area contributed by atoms with Gasteiger partial charge in [0.15, 0.2) is 0 Å². The van der Waals surface area contributed by atoms with E-state index >= 15 is 0 Å². The minimum Gasteiger partial charge on any atom is -0.469 e. The number of hydrogen-bond donors (Lipinski definition) is 0. The van der Waals surface area contributed by atoms with Crippen molar-refractivity contribution in [1.29, 1.82) is 0 Å². The Balaban J connectivity index is 2.01. The number of unbranched alkanes of at least 4 members (excludes halogenated alkanes) is 1. The van der Waals surface area contributed by atoms with Crippen LogP contribution in [0.4, 0.5) is 0 Å². The van der Waals surface area contributed by atoms with Crippen molar-refractivity contribution < 1.29 is 14.3 Å². The van der Waals surface area contributed by atoms with E-state index in [0.717, 1.165) is 37.2 Å². The smallest absolute Gasteiger partial charge is 0.310 e. The third-order valence-electron chi connectivity index (χ3n) is 5.69. The maximum absolute atomic E-state index is 13.2. The fourth-order valence-electron chi connectivity index (χ4n) is 4.00. The molecule has 1 amide bonds. The summed E-state index contributed by atoms with van der Waals surface area (Å²) in [5.74, 6) is 0.426. The highest BCUT2D eigenvalue weighted by Crippen LogP contribution is 2.33. The number of carbonyl (C=O) groups excluding carboxylic acids is 2. The normalized spacial score (nSPS) is 20.7. The van der Waals surface area contributed by atoms with Crippen molar-refractivity contribution in [2.75, 3.05) is 13.7 Å². The zero-order valence-corrected chi connectivity index (χ0v) is 17.0. The molecule has 0 spiro atoms. The lowest BCUT2D eigenvalue weighted by atomic mass is 9.79. The van der Waals surface area contributed by atoms with Crippen LogP contribution in [0.15, 0.2) is 24.5 Å². The first-order valence-electron chi connectivity index (χ1n) is 10.3. The van der Waals surface area contributed by atoms with Gasteiger partial charge in [-0.2, -0.15) is 0 Å². The van der Waals surface area contributed by atoms with Crippen molar-refractivity contribution in [3.63, 3.8) is 0 Å². The van der Waals surface area contributed by atoms with Crippen LogP contribution in [-0.2, 0) is 20.9 Å².